The normalized spacial score (nSPS) is 20.5. The third-order valence-corrected chi connectivity index (χ3v) is 4.34. The van der Waals surface area contributed by atoms with Crippen LogP contribution >= 0.6 is 0 Å². The van der Waals surface area contributed by atoms with Gasteiger partial charge in [-0.2, -0.15) is 13.2 Å². The zero-order valence-corrected chi connectivity index (χ0v) is 15.7. The van der Waals surface area contributed by atoms with Crippen molar-refractivity contribution in [1.29, 1.82) is 0 Å². The average molecular weight is 399 g/mol. The molecule has 0 radical (unpaired) electrons. The van der Waals surface area contributed by atoms with Crippen LogP contribution in [0.5, 0.6) is 0 Å². The summed E-state index contributed by atoms with van der Waals surface area (Å²) in [5, 5.41) is 2.78. The summed E-state index contributed by atoms with van der Waals surface area (Å²) in [5.41, 5.74) is -1.31. The van der Waals surface area contributed by atoms with E-state index in [1.807, 2.05) is 0 Å². The minimum absolute atomic E-state index is 0.0597. The van der Waals surface area contributed by atoms with Gasteiger partial charge in [-0.15, -0.1) is 0 Å². The number of benzene rings is 1. The van der Waals surface area contributed by atoms with Gasteiger partial charge in [0, 0.05) is 23.8 Å². The van der Waals surface area contributed by atoms with Gasteiger partial charge in [-0.1, -0.05) is 0 Å². The molecule has 0 saturated carbocycles. The van der Waals surface area contributed by atoms with Gasteiger partial charge in [0.1, 0.15) is 11.8 Å². The quantitative estimate of drug-likeness (QED) is 0.765. The molecule has 2 unspecified atom stereocenters. The summed E-state index contributed by atoms with van der Waals surface area (Å²) in [5.74, 6) is 0. The Morgan fingerprint density at radius 3 is 2.57 bits per heavy atom. The van der Waals surface area contributed by atoms with E-state index in [1.165, 1.54) is 24.4 Å². The fraction of sp³-hybridized carbons (Fsp3) is 0.474. The maximum Gasteiger partial charge on any atom is 0.418 e. The highest BCUT2D eigenvalue weighted by atomic mass is 19.4. The van der Waals surface area contributed by atoms with Gasteiger partial charge in [0.05, 0.1) is 23.7 Å². The number of anilines is 1. The summed E-state index contributed by atoms with van der Waals surface area (Å²) < 4.78 is 59.4. The maximum absolute atomic E-state index is 14.5. The lowest BCUT2D eigenvalue weighted by atomic mass is 10.1. The first-order chi connectivity index (χ1) is 13.0. The number of ether oxygens (including phenoxy) is 1. The van der Waals surface area contributed by atoms with E-state index in [0.29, 0.717) is 5.69 Å². The number of halogens is 4. The van der Waals surface area contributed by atoms with E-state index in [4.69, 9.17) is 4.74 Å². The van der Waals surface area contributed by atoms with Crippen molar-refractivity contribution < 1.29 is 27.1 Å². The van der Waals surface area contributed by atoms with Crippen LogP contribution in [0, 0.1) is 0 Å². The monoisotopic (exact) mass is 399 g/mol. The minimum atomic E-state index is -4.54. The average Bonchev–Trinajstić information content (AvgIpc) is 2.91. The number of amides is 1. The van der Waals surface area contributed by atoms with Crippen LogP contribution < -0.4 is 10.2 Å². The van der Waals surface area contributed by atoms with Crippen molar-refractivity contribution >= 4 is 22.7 Å². The summed E-state index contributed by atoms with van der Waals surface area (Å²) in [7, 11) is 0. The number of fused-ring (bicyclic) bond motifs is 1. The molecule has 2 atom stereocenters. The number of hydrogen-bond donors (Lipinski definition) is 1. The lowest BCUT2D eigenvalue weighted by molar-refractivity contribution is -0.136. The van der Waals surface area contributed by atoms with Crippen LogP contribution in [-0.2, 0) is 10.9 Å². The Kier molecular flexibility index (Phi) is 5.12. The van der Waals surface area contributed by atoms with Crippen LogP contribution in [0.1, 0.15) is 26.3 Å². The molecule has 2 aromatic rings. The number of alkyl halides is 4. The smallest absolute Gasteiger partial charge is 0.418 e. The number of alkyl carbamates (subject to hydrolysis) is 1. The first-order valence-electron chi connectivity index (χ1n) is 8.79. The zero-order valence-electron chi connectivity index (χ0n) is 15.7. The molecule has 1 aromatic heterocycles. The van der Waals surface area contributed by atoms with Crippen LogP contribution in [0.2, 0.25) is 0 Å². The molecule has 0 bridgehead atoms. The van der Waals surface area contributed by atoms with E-state index in [0.717, 1.165) is 6.07 Å². The van der Waals surface area contributed by atoms with E-state index >= 15 is 0 Å². The Morgan fingerprint density at radius 2 is 1.93 bits per heavy atom. The fourth-order valence-electron chi connectivity index (χ4n) is 3.22. The maximum atomic E-state index is 14.5. The Morgan fingerprint density at radius 1 is 1.21 bits per heavy atom. The van der Waals surface area contributed by atoms with Crippen LogP contribution in [-0.4, -0.2) is 42.0 Å². The molecule has 3 rings (SSSR count). The fourth-order valence-corrected chi connectivity index (χ4v) is 3.22. The number of aromatic nitrogens is 1. The van der Waals surface area contributed by atoms with Gasteiger partial charge < -0.3 is 15.0 Å². The third kappa shape index (κ3) is 4.28. The summed E-state index contributed by atoms with van der Waals surface area (Å²) in [4.78, 5) is 17.4. The second kappa shape index (κ2) is 7.10. The molecule has 1 N–H and O–H groups in total. The number of hydrogen-bond acceptors (Lipinski definition) is 4. The van der Waals surface area contributed by atoms with Gasteiger partial charge in [-0.05, 0) is 45.0 Å². The van der Waals surface area contributed by atoms with Crippen molar-refractivity contribution in [1.82, 2.24) is 10.3 Å². The Labute approximate surface area is 159 Å². The molecule has 0 aliphatic carbocycles. The predicted octanol–water partition coefficient (Wildman–Crippen LogP) is 4.31. The van der Waals surface area contributed by atoms with Crippen LogP contribution in [0.25, 0.3) is 10.9 Å². The second-order valence-corrected chi connectivity index (χ2v) is 7.70. The molecule has 0 spiro atoms. The Hall–Kier alpha value is -2.58. The summed E-state index contributed by atoms with van der Waals surface area (Å²) in [6.45, 7) is 5.14. The summed E-state index contributed by atoms with van der Waals surface area (Å²) in [6, 6.07) is 4.49. The highest BCUT2D eigenvalue weighted by Crippen LogP contribution is 2.38. The summed E-state index contributed by atoms with van der Waals surface area (Å²) in [6.07, 6.45) is -5.38. The lowest BCUT2D eigenvalue weighted by Gasteiger charge is -2.23. The van der Waals surface area contributed by atoms with Crippen molar-refractivity contribution in [3.8, 4) is 0 Å². The molecule has 1 amide bonds. The molecular weight excluding hydrogens is 378 g/mol. The molecule has 2 heterocycles. The lowest BCUT2D eigenvalue weighted by Crippen LogP contribution is -2.44. The topological polar surface area (TPSA) is 54.5 Å². The standard InChI is InChI=1S/C19H21F4N3O2/c1-18(2,3)28-17(27)25-14-10-26(9-13(14)20)15-7-6-12(19(21,22)23)16-11(15)5-4-8-24-16/h4-8,13-14H,9-10H2,1-3H3,(H,25,27). The van der Waals surface area contributed by atoms with Crippen LogP contribution in [0.4, 0.5) is 28.0 Å². The number of nitrogens with zero attached hydrogens (tertiary/aromatic N) is 2. The molecule has 28 heavy (non-hydrogen) atoms. The van der Waals surface area contributed by atoms with Gasteiger partial charge in [-0.3, -0.25) is 4.98 Å². The van der Waals surface area contributed by atoms with Crippen LogP contribution in [0.15, 0.2) is 30.5 Å². The largest absolute Gasteiger partial charge is 0.444 e. The van der Waals surface area contributed by atoms with E-state index < -0.39 is 35.6 Å². The van der Waals surface area contributed by atoms with Crippen molar-refractivity contribution in [2.24, 2.45) is 0 Å². The third-order valence-electron chi connectivity index (χ3n) is 4.34. The van der Waals surface area contributed by atoms with Crippen molar-refractivity contribution in [2.45, 2.75) is 44.8 Å². The molecule has 1 fully saturated rings. The number of rotatable bonds is 2. The minimum Gasteiger partial charge on any atom is -0.444 e. The predicted molar refractivity (Wildman–Crippen MR) is 97.0 cm³/mol. The van der Waals surface area contributed by atoms with Gasteiger partial charge in [0.15, 0.2) is 0 Å². The van der Waals surface area contributed by atoms with E-state index in [2.05, 4.69) is 10.3 Å². The van der Waals surface area contributed by atoms with Crippen LogP contribution in [0.3, 0.4) is 0 Å². The van der Waals surface area contributed by atoms with E-state index in [1.54, 1.807) is 25.7 Å². The molecule has 1 saturated heterocycles. The molecule has 5 nitrogen and oxygen atoms in total. The first kappa shape index (κ1) is 20.2. The molecule has 1 aliphatic rings. The van der Waals surface area contributed by atoms with Gasteiger partial charge in [0.25, 0.3) is 0 Å². The SMILES string of the molecule is CC(C)(C)OC(=O)NC1CN(c2ccc(C(F)(F)F)c3ncccc23)CC1F. The first-order valence-corrected chi connectivity index (χ1v) is 8.79. The van der Waals surface area contributed by atoms with Gasteiger partial charge >= 0.3 is 12.3 Å². The highest BCUT2D eigenvalue weighted by Gasteiger charge is 2.38. The summed E-state index contributed by atoms with van der Waals surface area (Å²) >= 11 is 0. The highest BCUT2D eigenvalue weighted by molar-refractivity contribution is 5.94. The van der Waals surface area contributed by atoms with E-state index in [9.17, 15) is 22.4 Å². The number of carbonyl (C=O) groups is 1. The molecular formula is C19H21F4N3O2. The zero-order chi connectivity index (χ0) is 20.7. The van der Waals surface area contributed by atoms with Gasteiger partial charge in [0.2, 0.25) is 0 Å². The molecule has 152 valence electrons. The second-order valence-electron chi connectivity index (χ2n) is 7.70. The number of pyridine rings is 1. The van der Waals surface area contributed by atoms with Crippen molar-refractivity contribution in [3.05, 3.63) is 36.0 Å². The van der Waals surface area contributed by atoms with E-state index in [-0.39, 0.29) is 24.0 Å². The van der Waals surface area contributed by atoms with Gasteiger partial charge in [-0.25, -0.2) is 9.18 Å². The Balaban J connectivity index is 1.85. The van der Waals surface area contributed by atoms with Crippen molar-refractivity contribution in [3.63, 3.8) is 0 Å². The molecule has 1 aromatic carbocycles. The molecule has 1 aliphatic heterocycles. The van der Waals surface area contributed by atoms with Crippen molar-refractivity contribution in [2.75, 3.05) is 18.0 Å². The Bertz CT molecular complexity index is 880. The number of nitrogens with one attached hydrogen (secondary N) is 1. The molecule has 9 heteroatoms. The number of carbonyl (C=O) groups excluding carboxylic acids is 1.